The molecule has 0 unspecified atom stereocenters. The van der Waals surface area contributed by atoms with E-state index in [-0.39, 0.29) is 6.07 Å². The van der Waals surface area contributed by atoms with E-state index in [1.165, 1.54) is 0 Å². The number of alkyl halides is 3. The predicted molar refractivity (Wildman–Crippen MR) is 93.0 cm³/mol. The predicted octanol–water partition coefficient (Wildman–Crippen LogP) is 6.29. The van der Waals surface area contributed by atoms with Crippen molar-refractivity contribution in [1.29, 1.82) is 0 Å². The molecule has 0 fully saturated rings. The lowest BCUT2D eigenvalue weighted by Gasteiger charge is -2.18. The van der Waals surface area contributed by atoms with Gasteiger partial charge in [-0.05, 0) is 24.3 Å². The van der Waals surface area contributed by atoms with Crippen LogP contribution >= 0.6 is 0 Å². The lowest BCUT2D eigenvalue weighted by atomic mass is 10.1. The van der Waals surface area contributed by atoms with E-state index in [4.69, 9.17) is 16.2 Å². The third-order valence-electron chi connectivity index (χ3n) is 4.04. The van der Waals surface area contributed by atoms with E-state index >= 15 is 0 Å². The second-order valence-electron chi connectivity index (χ2n) is 6.12. The molecule has 0 aliphatic carbocycles. The van der Waals surface area contributed by atoms with E-state index in [1.807, 2.05) is 0 Å². The molecule has 0 radical (unpaired) electrons. The van der Waals surface area contributed by atoms with E-state index in [0.29, 0.717) is 24.3 Å². The summed E-state index contributed by atoms with van der Waals surface area (Å²) in [5.74, 6) is -15.3. The fourth-order valence-corrected chi connectivity index (χ4v) is 2.50. The molecule has 0 amide bonds. The number of halogens is 9. The summed E-state index contributed by atoms with van der Waals surface area (Å²) in [6.07, 6.45) is -5.55. The molecule has 13 heteroatoms. The molecule has 0 atom stereocenters. The van der Waals surface area contributed by atoms with E-state index in [2.05, 4.69) is 4.74 Å². The molecule has 0 saturated heterocycles. The number of anilines is 2. The molecule has 4 nitrogen and oxygen atoms in total. The molecule has 0 aromatic heterocycles. The van der Waals surface area contributed by atoms with Gasteiger partial charge in [0.05, 0.1) is 0 Å². The van der Waals surface area contributed by atoms with Crippen LogP contribution in [0.15, 0.2) is 30.3 Å². The Balaban J connectivity index is 2.18. The molecule has 0 heterocycles. The zero-order valence-electron chi connectivity index (χ0n) is 15.3. The van der Waals surface area contributed by atoms with Gasteiger partial charge in [0.15, 0.2) is 34.6 Å². The van der Waals surface area contributed by atoms with E-state index < -0.39 is 81.0 Å². The molecule has 170 valence electrons. The number of nitrogens with two attached hydrogens (primary N) is 2. The Morgan fingerprint density at radius 1 is 0.594 bits per heavy atom. The van der Waals surface area contributed by atoms with Crippen LogP contribution < -0.4 is 20.9 Å². The first-order valence-electron chi connectivity index (χ1n) is 8.24. The van der Waals surface area contributed by atoms with Crippen LogP contribution in [-0.2, 0) is 6.18 Å². The third kappa shape index (κ3) is 4.05. The second kappa shape index (κ2) is 8.05. The lowest BCUT2D eigenvalue weighted by Crippen LogP contribution is -2.13. The van der Waals surface area contributed by atoms with E-state index in [1.54, 1.807) is 0 Å². The number of hydrogen-bond acceptors (Lipinski definition) is 4. The maximum atomic E-state index is 14.9. The molecular weight excluding hydrogens is 459 g/mol. The van der Waals surface area contributed by atoms with Gasteiger partial charge in [0.2, 0.25) is 5.82 Å². The van der Waals surface area contributed by atoms with Crippen molar-refractivity contribution in [3.63, 3.8) is 0 Å². The minimum absolute atomic E-state index is 0.0839. The van der Waals surface area contributed by atoms with Gasteiger partial charge in [-0.2, -0.15) is 17.6 Å². The average molecular weight is 468 g/mol. The Hall–Kier alpha value is -3.77. The summed E-state index contributed by atoms with van der Waals surface area (Å²) in [4.78, 5) is 0. The zero-order valence-corrected chi connectivity index (χ0v) is 15.3. The fraction of sp³-hybridized carbons (Fsp3) is 0.0526. The molecule has 0 bridgehead atoms. The summed E-state index contributed by atoms with van der Waals surface area (Å²) in [7, 11) is 0. The van der Waals surface area contributed by atoms with Crippen molar-refractivity contribution in [2.75, 3.05) is 11.5 Å². The third-order valence-corrected chi connectivity index (χ3v) is 4.04. The molecule has 3 rings (SSSR count). The van der Waals surface area contributed by atoms with E-state index in [0.717, 1.165) is 0 Å². The Labute approximate surface area is 172 Å². The molecule has 0 aliphatic heterocycles. The SMILES string of the molecule is Nc1c(F)ccc(Oc2cc(F)c(C(F)(F)F)c(Oc3ccc(F)c(N)c3F)c2F)c1F. The molecule has 4 N–H and O–H groups in total. The van der Waals surface area contributed by atoms with Crippen LogP contribution in [0, 0.1) is 34.9 Å². The highest BCUT2D eigenvalue weighted by atomic mass is 19.4. The van der Waals surface area contributed by atoms with Crippen molar-refractivity contribution in [1.82, 2.24) is 0 Å². The normalized spacial score (nSPS) is 11.5. The smallest absolute Gasteiger partial charge is 0.422 e. The maximum absolute atomic E-state index is 14.9. The van der Waals surface area contributed by atoms with Crippen molar-refractivity contribution >= 4 is 11.4 Å². The van der Waals surface area contributed by atoms with Crippen LogP contribution in [0.4, 0.5) is 50.9 Å². The van der Waals surface area contributed by atoms with Gasteiger partial charge in [-0.15, -0.1) is 0 Å². The summed E-state index contributed by atoms with van der Waals surface area (Å²) in [5, 5.41) is 0. The molecule has 32 heavy (non-hydrogen) atoms. The Kier molecular flexibility index (Phi) is 5.76. The first-order valence-corrected chi connectivity index (χ1v) is 8.24. The summed E-state index contributed by atoms with van der Waals surface area (Å²) >= 11 is 0. The van der Waals surface area contributed by atoms with Crippen LogP contribution in [0.25, 0.3) is 0 Å². The summed E-state index contributed by atoms with van der Waals surface area (Å²) in [5.41, 5.74) is 5.66. The Morgan fingerprint density at radius 2 is 1.06 bits per heavy atom. The van der Waals surface area contributed by atoms with Gasteiger partial charge in [-0.3, -0.25) is 0 Å². The van der Waals surface area contributed by atoms with Crippen LogP contribution in [-0.4, -0.2) is 0 Å². The molecule has 3 aromatic carbocycles. The first-order chi connectivity index (χ1) is 14.8. The number of nitrogen functional groups attached to an aromatic ring is 2. The molecule has 3 aromatic rings. The summed E-state index contributed by atoms with van der Waals surface area (Å²) < 4.78 is 133. The van der Waals surface area contributed by atoms with Gasteiger partial charge < -0.3 is 20.9 Å². The molecule has 0 saturated carbocycles. The lowest BCUT2D eigenvalue weighted by molar-refractivity contribution is -0.141. The second-order valence-corrected chi connectivity index (χ2v) is 6.12. The topological polar surface area (TPSA) is 70.5 Å². The number of rotatable bonds is 4. The Morgan fingerprint density at radius 3 is 1.53 bits per heavy atom. The summed E-state index contributed by atoms with van der Waals surface area (Å²) in [6, 6.07) is 2.11. The van der Waals surface area contributed by atoms with Gasteiger partial charge in [-0.1, -0.05) is 0 Å². The molecule has 0 aliphatic rings. The van der Waals surface area contributed by atoms with Gasteiger partial charge in [0.1, 0.15) is 34.4 Å². The van der Waals surface area contributed by atoms with Crippen molar-refractivity contribution in [2.24, 2.45) is 0 Å². The summed E-state index contributed by atoms with van der Waals surface area (Å²) in [6.45, 7) is 0. The fourth-order valence-electron chi connectivity index (χ4n) is 2.50. The quantitative estimate of drug-likeness (QED) is 0.349. The average Bonchev–Trinajstić information content (AvgIpc) is 2.71. The van der Waals surface area contributed by atoms with Crippen LogP contribution in [0.3, 0.4) is 0 Å². The number of hydrogen-bond donors (Lipinski definition) is 2. The standard InChI is InChI=1S/C19H9F9N2O2/c20-6-1-3-9(13(23)16(6)29)31-11-5-8(22)12(19(26,27)28)18(15(11)25)32-10-4-2-7(21)17(30)14(10)24/h1-5H,29-30H2. The largest absolute Gasteiger partial charge is 0.451 e. The van der Waals surface area contributed by atoms with Crippen LogP contribution in [0.1, 0.15) is 5.56 Å². The minimum atomic E-state index is -5.55. The Bertz CT molecular complexity index is 1210. The molecule has 0 spiro atoms. The van der Waals surface area contributed by atoms with Gasteiger partial charge in [0, 0.05) is 6.07 Å². The monoisotopic (exact) mass is 468 g/mol. The highest BCUT2D eigenvalue weighted by Crippen LogP contribution is 2.46. The first kappa shape index (κ1) is 22.9. The van der Waals surface area contributed by atoms with Gasteiger partial charge in [0.25, 0.3) is 0 Å². The van der Waals surface area contributed by atoms with Crippen molar-refractivity contribution in [3.8, 4) is 23.0 Å². The maximum Gasteiger partial charge on any atom is 0.422 e. The van der Waals surface area contributed by atoms with Crippen LogP contribution in [0.2, 0.25) is 0 Å². The highest BCUT2D eigenvalue weighted by molar-refractivity contribution is 5.53. The van der Waals surface area contributed by atoms with Crippen molar-refractivity contribution in [3.05, 3.63) is 70.8 Å². The minimum Gasteiger partial charge on any atom is -0.451 e. The van der Waals surface area contributed by atoms with E-state index in [9.17, 15) is 39.5 Å². The van der Waals surface area contributed by atoms with Crippen LogP contribution in [0.5, 0.6) is 23.0 Å². The van der Waals surface area contributed by atoms with Crippen molar-refractivity contribution in [2.45, 2.75) is 6.18 Å². The van der Waals surface area contributed by atoms with Crippen molar-refractivity contribution < 1.29 is 49.0 Å². The van der Waals surface area contributed by atoms with Gasteiger partial charge in [-0.25, -0.2) is 22.0 Å². The van der Waals surface area contributed by atoms with Gasteiger partial charge >= 0.3 is 6.18 Å². The zero-order chi connectivity index (χ0) is 24.0. The molecular formula is C19H9F9N2O2. The number of benzene rings is 3. The number of ether oxygens (including phenoxy) is 2. The highest BCUT2D eigenvalue weighted by Gasteiger charge is 2.41.